The summed E-state index contributed by atoms with van der Waals surface area (Å²) in [5, 5.41) is 4.70. The van der Waals surface area contributed by atoms with Gasteiger partial charge in [-0.25, -0.2) is 9.37 Å². The van der Waals surface area contributed by atoms with Crippen LogP contribution in [-0.4, -0.2) is 32.9 Å². The average Bonchev–Trinajstić information content (AvgIpc) is 3.05. The number of pyridine rings is 1. The van der Waals surface area contributed by atoms with E-state index in [2.05, 4.69) is 14.8 Å². The summed E-state index contributed by atoms with van der Waals surface area (Å²) in [5.41, 5.74) is 12.9. The first-order valence-electron chi connectivity index (χ1n) is 10.5. The van der Waals surface area contributed by atoms with E-state index in [4.69, 9.17) is 11.5 Å². The van der Waals surface area contributed by atoms with Crippen LogP contribution < -0.4 is 16.2 Å². The van der Waals surface area contributed by atoms with Crippen molar-refractivity contribution in [1.82, 2.24) is 14.8 Å². The van der Waals surface area contributed by atoms with Gasteiger partial charge in [0.25, 0.3) is 5.91 Å². The molecule has 0 atom stereocenters. The molecule has 4 N–H and O–H groups in total. The zero-order valence-electron chi connectivity index (χ0n) is 19.0. The van der Waals surface area contributed by atoms with Crippen molar-refractivity contribution in [1.29, 1.82) is 0 Å². The number of carbonyl (C=O) groups is 2. The van der Waals surface area contributed by atoms with Gasteiger partial charge in [-0.1, -0.05) is 12.1 Å². The number of amides is 2. The summed E-state index contributed by atoms with van der Waals surface area (Å²) >= 11 is 0. The fourth-order valence-corrected chi connectivity index (χ4v) is 4.10. The molecule has 0 unspecified atom stereocenters. The van der Waals surface area contributed by atoms with Gasteiger partial charge in [0, 0.05) is 28.3 Å². The Kier molecular flexibility index (Phi) is 6.12. The number of benzene rings is 2. The third-order valence-corrected chi connectivity index (χ3v) is 5.55. The number of carbonyl (C=O) groups excluding carboxylic acids is 2. The Morgan fingerprint density at radius 3 is 2.25 bits per heavy atom. The molecule has 2 aromatic heterocycles. The third-order valence-electron chi connectivity index (χ3n) is 5.55. The zero-order valence-corrected chi connectivity index (χ0v) is 19.0. The molecular weight excluding hydrogens is 482 g/mol. The predicted molar refractivity (Wildman–Crippen MR) is 122 cm³/mol. The molecule has 0 spiro atoms. The second-order valence-electron chi connectivity index (χ2n) is 8.00. The highest BCUT2D eigenvalue weighted by atomic mass is 19.4. The van der Waals surface area contributed by atoms with E-state index in [1.807, 2.05) is 0 Å². The van der Waals surface area contributed by atoms with Crippen LogP contribution in [0.5, 0.6) is 5.75 Å². The van der Waals surface area contributed by atoms with Gasteiger partial charge in [0.1, 0.15) is 17.3 Å². The van der Waals surface area contributed by atoms with E-state index in [1.165, 1.54) is 30.3 Å². The Morgan fingerprint density at radius 2 is 1.67 bits per heavy atom. The fraction of sp³-hybridized carbons (Fsp3) is 0.167. The molecule has 0 fully saturated rings. The van der Waals surface area contributed by atoms with Crippen LogP contribution in [0.1, 0.15) is 37.8 Å². The molecule has 0 saturated carbocycles. The quantitative estimate of drug-likeness (QED) is 0.386. The SMILES string of the molecule is Cc1nn(Cc2ccc(OC(F)(F)F)cc2)c(C)c1-c1c(C(N)=O)nc2cc(F)ccc2c1C(N)=O. The first-order chi connectivity index (χ1) is 16.9. The van der Waals surface area contributed by atoms with Crippen molar-refractivity contribution >= 4 is 22.7 Å². The number of ether oxygens (including phenoxy) is 1. The molecule has 4 rings (SSSR count). The van der Waals surface area contributed by atoms with E-state index in [0.717, 1.165) is 12.1 Å². The van der Waals surface area contributed by atoms with Crippen LogP contribution in [0, 0.1) is 19.7 Å². The van der Waals surface area contributed by atoms with Gasteiger partial charge in [-0.15, -0.1) is 13.2 Å². The van der Waals surface area contributed by atoms with Crippen molar-refractivity contribution in [2.75, 3.05) is 0 Å². The largest absolute Gasteiger partial charge is 0.573 e. The van der Waals surface area contributed by atoms with E-state index in [0.29, 0.717) is 22.5 Å². The van der Waals surface area contributed by atoms with E-state index >= 15 is 0 Å². The third kappa shape index (κ3) is 4.69. The monoisotopic (exact) mass is 501 g/mol. The molecular formula is C24H19F4N5O3. The number of nitrogens with two attached hydrogens (primary N) is 2. The summed E-state index contributed by atoms with van der Waals surface area (Å²) in [6.45, 7) is 3.48. The molecule has 2 heterocycles. The van der Waals surface area contributed by atoms with Gasteiger partial charge in [-0.3, -0.25) is 14.3 Å². The topological polar surface area (TPSA) is 126 Å². The first-order valence-corrected chi connectivity index (χ1v) is 10.5. The molecule has 0 radical (unpaired) electrons. The first kappa shape index (κ1) is 24.6. The second kappa shape index (κ2) is 8.95. The maximum atomic E-state index is 13.8. The number of alkyl halides is 3. The molecule has 4 aromatic rings. The Morgan fingerprint density at radius 1 is 1.00 bits per heavy atom. The molecule has 0 aliphatic rings. The van der Waals surface area contributed by atoms with Crippen LogP contribution in [0.15, 0.2) is 42.5 Å². The highest BCUT2D eigenvalue weighted by Crippen LogP contribution is 2.36. The summed E-state index contributed by atoms with van der Waals surface area (Å²) in [4.78, 5) is 29.1. The van der Waals surface area contributed by atoms with Gasteiger partial charge < -0.3 is 16.2 Å². The van der Waals surface area contributed by atoms with Gasteiger partial charge >= 0.3 is 6.36 Å². The van der Waals surface area contributed by atoms with Crippen LogP contribution >= 0.6 is 0 Å². The van der Waals surface area contributed by atoms with Crippen molar-refractivity contribution in [3.63, 3.8) is 0 Å². The number of hydrogen-bond donors (Lipinski definition) is 2. The van der Waals surface area contributed by atoms with Crippen LogP contribution in [0.3, 0.4) is 0 Å². The number of primary amides is 2. The molecule has 2 aromatic carbocycles. The normalized spacial score (nSPS) is 11.6. The van der Waals surface area contributed by atoms with Gasteiger partial charge in [0.05, 0.1) is 23.3 Å². The predicted octanol–water partition coefficient (Wildman–Crippen LogP) is 4.00. The molecule has 186 valence electrons. The lowest BCUT2D eigenvalue weighted by Crippen LogP contribution is -2.21. The number of rotatable bonds is 6. The molecule has 0 saturated heterocycles. The number of nitrogens with zero attached hydrogens (tertiary/aromatic N) is 3. The standard InChI is InChI=1S/C24H19F4N5O3/c1-11-18(12(2)33(32-11)10-13-3-6-15(7-4-13)36-24(26,27)28)20-19(22(29)34)16-8-5-14(25)9-17(16)31-21(20)23(30)35/h3-9H,10H2,1-2H3,(H2,29,34)(H2,30,35). The van der Waals surface area contributed by atoms with Gasteiger partial charge in [-0.2, -0.15) is 5.10 Å². The number of hydrogen-bond acceptors (Lipinski definition) is 5. The molecule has 0 bridgehead atoms. The van der Waals surface area contributed by atoms with Crippen LogP contribution in [0.25, 0.3) is 22.0 Å². The minimum Gasteiger partial charge on any atom is -0.406 e. The van der Waals surface area contributed by atoms with E-state index in [-0.39, 0.29) is 40.0 Å². The zero-order chi connectivity index (χ0) is 26.4. The van der Waals surface area contributed by atoms with E-state index in [9.17, 15) is 27.2 Å². The number of aromatic nitrogens is 3. The van der Waals surface area contributed by atoms with E-state index < -0.39 is 24.0 Å². The van der Waals surface area contributed by atoms with Crippen LogP contribution in [0.4, 0.5) is 17.6 Å². The second-order valence-corrected chi connectivity index (χ2v) is 8.00. The summed E-state index contributed by atoms with van der Waals surface area (Å²) < 4.78 is 56.5. The minimum absolute atomic E-state index is 0.0326. The highest BCUT2D eigenvalue weighted by Gasteiger charge is 2.31. The number of halogens is 4. The van der Waals surface area contributed by atoms with Gasteiger partial charge in [0.15, 0.2) is 0 Å². The van der Waals surface area contributed by atoms with Crippen molar-refractivity contribution in [2.45, 2.75) is 26.8 Å². The maximum Gasteiger partial charge on any atom is 0.573 e. The van der Waals surface area contributed by atoms with E-state index in [1.54, 1.807) is 18.5 Å². The Bertz CT molecular complexity index is 1510. The number of fused-ring (bicyclic) bond motifs is 1. The average molecular weight is 501 g/mol. The van der Waals surface area contributed by atoms with Gasteiger partial charge in [-0.05, 0) is 43.7 Å². The minimum atomic E-state index is -4.80. The van der Waals surface area contributed by atoms with Crippen LogP contribution in [-0.2, 0) is 6.54 Å². The summed E-state index contributed by atoms with van der Waals surface area (Å²) in [6, 6.07) is 8.80. The molecule has 36 heavy (non-hydrogen) atoms. The fourth-order valence-electron chi connectivity index (χ4n) is 4.10. The van der Waals surface area contributed by atoms with Crippen molar-refractivity contribution in [2.24, 2.45) is 11.5 Å². The lowest BCUT2D eigenvalue weighted by molar-refractivity contribution is -0.274. The number of aryl methyl sites for hydroxylation is 1. The summed E-state index contributed by atoms with van der Waals surface area (Å²) in [5.74, 6) is -2.82. The van der Waals surface area contributed by atoms with Crippen LogP contribution in [0.2, 0.25) is 0 Å². The molecule has 0 aliphatic heterocycles. The highest BCUT2D eigenvalue weighted by molar-refractivity contribution is 6.15. The lowest BCUT2D eigenvalue weighted by Gasteiger charge is -2.15. The summed E-state index contributed by atoms with van der Waals surface area (Å²) in [6.07, 6.45) is -4.80. The molecule has 12 heteroatoms. The Hall–Kier alpha value is -4.48. The Labute approximate surface area is 201 Å². The van der Waals surface area contributed by atoms with Crippen molar-refractivity contribution in [3.8, 4) is 16.9 Å². The van der Waals surface area contributed by atoms with Crippen molar-refractivity contribution in [3.05, 3.63) is 76.5 Å². The smallest absolute Gasteiger partial charge is 0.406 e. The summed E-state index contributed by atoms with van der Waals surface area (Å²) in [7, 11) is 0. The molecule has 8 nitrogen and oxygen atoms in total. The lowest BCUT2D eigenvalue weighted by atomic mass is 9.92. The maximum absolute atomic E-state index is 13.8. The Balaban J connectivity index is 1.85. The van der Waals surface area contributed by atoms with Crippen molar-refractivity contribution < 1.29 is 31.9 Å². The molecule has 2 amide bonds. The molecule has 0 aliphatic carbocycles. The van der Waals surface area contributed by atoms with Gasteiger partial charge in [0.2, 0.25) is 5.91 Å².